The zero-order valence-electron chi connectivity index (χ0n) is 9.47. The van der Waals surface area contributed by atoms with Crippen LogP contribution >= 0.6 is 10.0 Å². The molecule has 0 saturated heterocycles. The van der Waals surface area contributed by atoms with Crippen LogP contribution in [0, 0.1) is 0 Å². The van der Waals surface area contributed by atoms with Gasteiger partial charge in [0.2, 0.25) is 0 Å². The Morgan fingerprint density at radius 2 is 1.27 bits per heavy atom. The summed E-state index contributed by atoms with van der Waals surface area (Å²) in [5.74, 6) is 0. The minimum atomic E-state index is -4.00. The minimum absolute atomic E-state index is 0.0741. The summed E-state index contributed by atoms with van der Waals surface area (Å²) >= 11 is 0. The topological polar surface area (TPSA) is 54.4 Å². The Morgan fingerprint density at radius 1 is 0.933 bits per heavy atom. The average molecular weight is 250 g/mol. The second-order valence-electron chi connectivity index (χ2n) is 4.24. The molecule has 0 aliphatic heterocycles. The van der Waals surface area contributed by atoms with Gasteiger partial charge in [-0.05, 0) is 37.2 Å². The van der Waals surface area contributed by atoms with Gasteiger partial charge in [-0.3, -0.25) is 14.6 Å². The number of hydrogen-bond acceptors (Lipinski definition) is 2. The summed E-state index contributed by atoms with van der Waals surface area (Å²) in [6, 6.07) is 7.42. The molecule has 1 N–H and O–H groups in total. The highest BCUT2D eigenvalue weighted by Gasteiger charge is 2.05. The Kier molecular flexibility index (Phi) is 5.34. The van der Waals surface area contributed by atoms with Crippen molar-refractivity contribution in [3.63, 3.8) is 0 Å². The summed E-state index contributed by atoms with van der Waals surface area (Å²) in [5, 5.41) is 0. The molecule has 0 aromatic heterocycles. The van der Waals surface area contributed by atoms with Crippen molar-refractivity contribution in [1.29, 1.82) is 0 Å². The van der Waals surface area contributed by atoms with Crippen LogP contribution < -0.4 is 0 Å². The molecule has 0 radical (unpaired) electrons. The molecule has 0 amide bonds. The third kappa shape index (κ3) is 9.78. The normalized spacial score (nSPS) is 12.6. The fourth-order valence-corrected chi connectivity index (χ4v) is 1.09. The summed E-state index contributed by atoms with van der Waals surface area (Å²) in [5.41, 5.74) is 0. The van der Waals surface area contributed by atoms with E-state index < -0.39 is 10.1 Å². The second kappa shape index (κ2) is 5.53. The summed E-state index contributed by atoms with van der Waals surface area (Å²) < 4.78 is 29.2. The molecule has 0 unspecified atom stereocenters. The van der Waals surface area contributed by atoms with E-state index in [1.807, 2.05) is 0 Å². The first kappa shape index (κ1) is 14.5. The van der Waals surface area contributed by atoms with Crippen molar-refractivity contribution in [1.82, 2.24) is 0 Å². The molecular formula is C10H18O3S2. The van der Waals surface area contributed by atoms with Gasteiger partial charge in [-0.2, -0.15) is 8.42 Å². The van der Waals surface area contributed by atoms with Crippen molar-refractivity contribution in [3.05, 3.63) is 30.3 Å². The molecule has 1 aromatic rings. The van der Waals surface area contributed by atoms with E-state index in [4.69, 9.17) is 4.55 Å². The number of benzene rings is 1. The molecule has 0 atom stereocenters. The summed E-state index contributed by atoms with van der Waals surface area (Å²) in [7, 11) is -4.17. The van der Waals surface area contributed by atoms with Crippen LogP contribution in [0.5, 0.6) is 0 Å². The van der Waals surface area contributed by atoms with E-state index in [2.05, 4.69) is 25.0 Å². The van der Waals surface area contributed by atoms with Crippen molar-refractivity contribution in [2.75, 3.05) is 25.0 Å². The highest BCUT2D eigenvalue weighted by molar-refractivity contribution is 8.31. The Morgan fingerprint density at radius 3 is 1.47 bits per heavy atom. The fourth-order valence-electron chi connectivity index (χ4n) is 0.592. The monoisotopic (exact) mass is 250 g/mol. The van der Waals surface area contributed by atoms with Crippen LogP contribution in [0.1, 0.15) is 0 Å². The van der Waals surface area contributed by atoms with Gasteiger partial charge in [0.25, 0.3) is 10.1 Å². The molecule has 0 aliphatic rings. The Bertz CT molecular complexity index is 371. The Labute approximate surface area is 93.6 Å². The van der Waals surface area contributed by atoms with Crippen LogP contribution in [0.4, 0.5) is 0 Å². The maximum atomic E-state index is 10.4. The highest BCUT2D eigenvalue weighted by Crippen LogP contribution is 2.27. The zero-order chi connectivity index (χ0) is 12.1. The first-order valence-corrected chi connectivity index (χ1v) is 8.97. The molecule has 88 valence electrons. The van der Waals surface area contributed by atoms with Gasteiger partial charge in [0.05, 0.1) is 4.90 Å². The minimum Gasteiger partial charge on any atom is -0.282 e. The standard InChI is InChI=1S/C6H6O3S.C4H12S/c7-10(8,9)6-4-2-1-3-5-6;1-5(2,3)4/h1-5H,(H,7,8,9);1-4H3. The van der Waals surface area contributed by atoms with E-state index in [9.17, 15) is 8.42 Å². The lowest BCUT2D eigenvalue weighted by molar-refractivity contribution is 0.483. The molecule has 15 heavy (non-hydrogen) atoms. The third-order valence-corrected chi connectivity index (χ3v) is 1.91. The molecule has 1 rings (SSSR count). The third-order valence-electron chi connectivity index (χ3n) is 1.04. The first-order chi connectivity index (χ1) is 6.61. The van der Waals surface area contributed by atoms with Crippen LogP contribution in [-0.2, 0) is 10.1 Å². The van der Waals surface area contributed by atoms with Crippen molar-refractivity contribution in [2.24, 2.45) is 0 Å². The maximum Gasteiger partial charge on any atom is 0.294 e. The van der Waals surface area contributed by atoms with Gasteiger partial charge >= 0.3 is 0 Å². The molecule has 0 aliphatic carbocycles. The summed E-state index contributed by atoms with van der Waals surface area (Å²) in [6.07, 6.45) is 9.08. The zero-order valence-corrected chi connectivity index (χ0v) is 11.1. The average Bonchev–Trinajstić information content (AvgIpc) is 2.01. The van der Waals surface area contributed by atoms with Crippen LogP contribution in [0.25, 0.3) is 0 Å². The van der Waals surface area contributed by atoms with E-state index >= 15 is 0 Å². The van der Waals surface area contributed by atoms with Crippen LogP contribution in [-0.4, -0.2) is 38.0 Å². The van der Waals surface area contributed by atoms with Crippen molar-refractivity contribution < 1.29 is 13.0 Å². The lowest BCUT2D eigenvalue weighted by atomic mass is 10.4. The van der Waals surface area contributed by atoms with Crippen LogP contribution in [0.15, 0.2) is 35.2 Å². The Hall–Kier alpha value is -0.520. The van der Waals surface area contributed by atoms with Crippen LogP contribution in [0.2, 0.25) is 0 Å². The maximum absolute atomic E-state index is 10.4. The van der Waals surface area contributed by atoms with Crippen LogP contribution in [0.3, 0.4) is 0 Å². The van der Waals surface area contributed by atoms with Gasteiger partial charge in [0.1, 0.15) is 0 Å². The molecule has 0 saturated carbocycles. The van der Waals surface area contributed by atoms with E-state index in [1.165, 1.54) is 12.1 Å². The Balaban J connectivity index is 0.000000336. The number of rotatable bonds is 1. The molecule has 1 aromatic carbocycles. The largest absolute Gasteiger partial charge is 0.294 e. The van der Waals surface area contributed by atoms with E-state index in [0.29, 0.717) is 0 Å². The molecule has 3 nitrogen and oxygen atoms in total. The van der Waals surface area contributed by atoms with E-state index in [0.717, 1.165) is 0 Å². The van der Waals surface area contributed by atoms with E-state index in [-0.39, 0.29) is 14.9 Å². The molecule has 0 heterocycles. The molecule has 0 bridgehead atoms. The SMILES string of the molecule is CS(C)(C)C.O=S(=O)(O)c1ccccc1. The summed E-state index contributed by atoms with van der Waals surface area (Å²) in [4.78, 5) is -0.0741. The highest BCUT2D eigenvalue weighted by atomic mass is 32.3. The van der Waals surface area contributed by atoms with Gasteiger partial charge < -0.3 is 0 Å². The fraction of sp³-hybridized carbons (Fsp3) is 0.400. The summed E-state index contributed by atoms with van der Waals surface area (Å²) in [6.45, 7) is 0. The quantitative estimate of drug-likeness (QED) is 0.778. The van der Waals surface area contributed by atoms with Gasteiger partial charge in [0.15, 0.2) is 0 Å². The molecule has 0 spiro atoms. The lowest BCUT2D eigenvalue weighted by Crippen LogP contribution is -1.96. The number of hydrogen-bond donors (Lipinski definition) is 1. The van der Waals surface area contributed by atoms with Gasteiger partial charge in [-0.1, -0.05) is 18.2 Å². The molecule has 0 fully saturated rings. The predicted molar refractivity (Wildman–Crippen MR) is 67.5 cm³/mol. The van der Waals surface area contributed by atoms with Gasteiger partial charge in [0, 0.05) is 0 Å². The van der Waals surface area contributed by atoms with Crippen molar-refractivity contribution in [3.8, 4) is 0 Å². The second-order valence-corrected chi connectivity index (χ2v) is 10.6. The van der Waals surface area contributed by atoms with Gasteiger partial charge in [-0.25, -0.2) is 0 Å². The predicted octanol–water partition coefficient (Wildman–Crippen LogP) is 2.24. The van der Waals surface area contributed by atoms with E-state index in [1.54, 1.807) is 18.2 Å². The van der Waals surface area contributed by atoms with Crippen molar-refractivity contribution >= 4 is 20.1 Å². The first-order valence-electron chi connectivity index (χ1n) is 4.26. The van der Waals surface area contributed by atoms with Crippen molar-refractivity contribution in [2.45, 2.75) is 4.90 Å². The lowest BCUT2D eigenvalue weighted by Gasteiger charge is -2.15. The smallest absolute Gasteiger partial charge is 0.282 e. The molecular weight excluding hydrogens is 232 g/mol. The van der Waals surface area contributed by atoms with Gasteiger partial charge in [-0.15, -0.1) is 0 Å². The molecule has 5 heteroatoms.